The highest BCUT2D eigenvalue weighted by Crippen LogP contribution is 2.30. The molecular formula is C24H20ClF2N3O7S. The fourth-order valence-corrected chi connectivity index (χ4v) is 5.02. The molecule has 0 spiro atoms. The van der Waals surface area contributed by atoms with E-state index in [9.17, 15) is 31.6 Å². The highest BCUT2D eigenvalue weighted by atomic mass is 35.5. The zero-order valence-corrected chi connectivity index (χ0v) is 21.3. The van der Waals surface area contributed by atoms with Crippen LogP contribution in [0.2, 0.25) is 5.02 Å². The number of hydrogen-bond donors (Lipinski definition) is 3. The summed E-state index contributed by atoms with van der Waals surface area (Å²) in [5.74, 6) is -2.52. The minimum absolute atomic E-state index is 0.00628. The number of ether oxygens (including phenoxy) is 1. The van der Waals surface area contributed by atoms with Crippen LogP contribution in [0.1, 0.15) is 27.9 Å². The molecule has 0 unspecified atom stereocenters. The molecular weight excluding hydrogens is 548 g/mol. The Morgan fingerprint density at radius 1 is 1.16 bits per heavy atom. The summed E-state index contributed by atoms with van der Waals surface area (Å²) in [7, 11) is -3.90. The van der Waals surface area contributed by atoms with E-state index in [1.54, 1.807) is 0 Å². The molecule has 2 aromatic heterocycles. The summed E-state index contributed by atoms with van der Waals surface area (Å²) in [4.78, 5) is 41.7. The molecule has 4 aromatic rings. The lowest BCUT2D eigenvalue weighted by molar-refractivity contribution is 0.0876. The molecule has 0 aliphatic rings. The van der Waals surface area contributed by atoms with Gasteiger partial charge in [0.1, 0.15) is 29.0 Å². The fraction of sp³-hybridized carbons (Fsp3) is 0.208. The Morgan fingerprint density at radius 2 is 1.89 bits per heavy atom. The first kappa shape index (κ1) is 27.2. The van der Waals surface area contributed by atoms with Crippen LogP contribution in [0.5, 0.6) is 5.75 Å². The second kappa shape index (κ2) is 10.5. The van der Waals surface area contributed by atoms with E-state index in [-0.39, 0.29) is 50.7 Å². The number of hydrogen-bond acceptors (Lipinski definition) is 7. The SMILES string of the molecule is CS(=O)(=O)c1cc(Cc2c[nH]c(=O)c(Cl)c2OCc2ccc(F)cc2F)cc2c1[nH]c(=O)n2C(=O)CCO. The molecule has 0 aliphatic carbocycles. The molecule has 0 amide bonds. The average Bonchev–Trinajstić information content (AvgIpc) is 3.16. The summed E-state index contributed by atoms with van der Waals surface area (Å²) in [5.41, 5.74) is -1.14. The zero-order valence-electron chi connectivity index (χ0n) is 19.7. The predicted molar refractivity (Wildman–Crippen MR) is 134 cm³/mol. The number of fused-ring (bicyclic) bond motifs is 1. The van der Waals surface area contributed by atoms with Gasteiger partial charge in [0.05, 0.1) is 29.0 Å². The Morgan fingerprint density at radius 3 is 2.55 bits per heavy atom. The van der Waals surface area contributed by atoms with Crippen molar-refractivity contribution in [1.29, 1.82) is 0 Å². The van der Waals surface area contributed by atoms with Crippen molar-refractivity contribution >= 4 is 38.4 Å². The third-order valence-corrected chi connectivity index (χ3v) is 7.11. The summed E-state index contributed by atoms with van der Waals surface area (Å²) in [6.45, 7) is -0.926. The molecule has 0 saturated heterocycles. The Labute approximate surface area is 218 Å². The summed E-state index contributed by atoms with van der Waals surface area (Å²) in [6.07, 6.45) is 1.73. The topological polar surface area (TPSA) is 151 Å². The zero-order chi connectivity index (χ0) is 27.8. The van der Waals surface area contributed by atoms with Crippen molar-refractivity contribution in [1.82, 2.24) is 14.5 Å². The lowest BCUT2D eigenvalue weighted by Gasteiger charge is -2.14. The smallest absolute Gasteiger partial charge is 0.333 e. The molecule has 0 radical (unpaired) electrons. The second-order valence-electron chi connectivity index (χ2n) is 8.38. The van der Waals surface area contributed by atoms with E-state index in [4.69, 9.17) is 21.4 Å². The van der Waals surface area contributed by atoms with Crippen molar-refractivity contribution in [2.45, 2.75) is 24.3 Å². The lowest BCUT2D eigenvalue weighted by atomic mass is 10.0. The minimum Gasteiger partial charge on any atom is -0.487 e. The van der Waals surface area contributed by atoms with Crippen LogP contribution in [0.25, 0.3) is 11.0 Å². The van der Waals surface area contributed by atoms with Gasteiger partial charge in [0.2, 0.25) is 5.91 Å². The van der Waals surface area contributed by atoms with E-state index in [0.29, 0.717) is 11.6 Å². The first-order chi connectivity index (χ1) is 17.9. The van der Waals surface area contributed by atoms with Crippen molar-refractivity contribution in [3.8, 4) is 5.75 Å². The van der Waals surface area contributed by atoms with E-state index in [2.05, 4.69) is 9.97 Å². The molecule has 3 N–H and O–H groups in total. The van der Waals surface area contributed by atoms with Crippen molar-refractivity contribution < 1.29 is 31.8 Å². The highest BCUT2D eigenvalue weighted by molar-refractivity contribution is 7.91. The number of rotatable bonds is 8. The normalized spacial score (nSPS) is 11.7. The second-order valence-corrected chi connectivity index (χ2v) is 10.7. The maximum absolute atomic E-state index is 14.1. The van der Waals surface area contributed by atoms with E-state index < -0.39 is 51.8 Å². The van der Waals surface area contributed by atoms with Gasteiger partial charge in [0.25, 0.3) is 5.56 Å². The molecule has 4 rings (SSSR count). The van der Waals surface area contributed by atoms with Crippen molar-refractivity contribution in [2.75, 3.05) is 12.9 Å². The largest absolute Gasteiger partial charge is 0.487 e. The van der Waals surface area contributed by atoms with Crippen LogP contribution in [0.3, 0.4) is 0 Å². The fourth-order valence-electron chi connectivity index (χ4n) is 3.90. The number of aliphatic hydroxyl groups excluding tert-OH is 1. The maximum Gasteiger partial charge on any atom is 0.333 e. The van der Waals surface area contributed by atoms with Crippen LogP contribution in [-0.2, 0) is 22.9 Å². The van der Waals surface area contributed by atoms with Crippen LogP contribution in [0, 0.1) is 11.6 Å². The monoisotopic (exact) mass is 567 g/mol. The summed E-state index contributed by atoms with van der Waals surface area (Å²) in [6, 6.07) is 5.58. The van der Waals surface area contributed by atoms with Gasteiger partial charge < -0.3 is 19.8 Å². The van der Waals surface area contributed by atoms with Crippen molar-refractivity contribution in [3.63, 3.8) is 0 Å². The third-order valence-electron chi connectivity index (χ3n) is 5.64. The van der Waals surface area contributed by atoms with Crippen LogP contribution in [-0.4, -0.2) is 46.8 Å². The van der Waals surface area contributed by atoms with Gasteiger partial charge in [-0.15, -0.1) is 0 Å². The number of benzene rings is 2. The number of nitrogens with zero attached hydrogens (tertiary/aromatic N) is 1. The molecule has 10 nitrogen and oxygen atoms in total. The molecule has 0 bridgehead atoms. The standard InChI is InChI=1S/C24H20ClF2N3O7S/c1-38(35,36)18-8-12(7-17-21(18)29-24(34)30(17)19(32)4-5-31)6-14-10-28-23(33)20(25)22(14)37-11-13-2-3-15(26)9-16(13)27/h2-3,7-10,31H,4-6,11H2,1H3,(H,28,33)(H,29,34). The van der Waals surface area contributed by atoms with Crippen LogP contribution < -0.4 is 16.0 Å². The number of nitrogens with one attached hydrogen (secondary N) is 2. The first-order valence-electron chi connectivity index (χ1n) is 11.0. The molecule has 200 valence electrons. The van der Waals surface area contributed by atoms with Gasteiger partial charge in [-0.2, -0.15) is 0 Å². The highest BCUT2D eigenvalue weighted by Gasteiger charge is 2.23. The molecule has 0 atom stereocenters. The number of sulfone groups is 1. The number of imidazole rings is 1. The quantitative estimate of drug-likeness (QED) is 0.296. The first-order valence-corrected chi connectivity index (χ1v) is 13.3. The Kier molecular flexibility index (Phi) is 7.54. The molecule has 0 fully saturated rings. The van der Waals surface area contributed by atoms with E-state index in [0.717, 1.165) is 16.9 Å². The molecule has 14 heteroatoms. The van der Waals surface area contributed by atoms with E-state index >= 15 is 0 Å². The molecule has 2 heterocycles. The Balaban J connectivity index is 1.82. The van der Waals surface area contributed by atoms with Crippen molar-refractivity contribution in [2.24, 2.45) is 0 Å². The van der Waals surface area contributed by atoms with Crippen LogP contribution in [0.4, 0.5) is 8.78 Å². The molecule has 2 aromatic carbocycles. The van der Waals surface area contributed by atoms with Crippen LogP contribution in [0.15, 0.2) is 51.0 Å². The van der Waals surface area contributed by atoms with Gasteiger partial charge in [0.15, 0.2) is 9.84 Å². The maximum atomic E-state index is 14.1. The minimum atomic E-state index is -3.90. The number of aromatic nitrogens is 3. The van der Waals surface area contributed by atoms with Gasteiger partial charge in [-0.1, -0.05) is 11.6 Å². The van der Waals surface area contributed by atoms with Crippen LogP contribution >= 0.6 is 11.6 Å². The molecule has 38 heavy (non-hydrogen) atoms. The third kappa shape index (κ3) is 5.39. The molecule has 0 aliphatic heterocycles. The molecule has 0 saturated carbocycles. The summed E-state index contributed by atoms with van der Waals surface area (Å²) < 4.78 is 58.8. The number of H-pyrrole nitrogens is 2. The van der Waals surface area contributed by atoms with Crippen molar-refractivity contribution in [3.05, 3.63) is 90.7 Å². The Hall–Kier alpha value is -3.81. The van der Waals surface area contributed by atoms with Gasteiger partial charge in [-0.3, -0.25) is 9.59 Å². The Bertz CT molecular complexity index is 1800. The summed E-state index contributed by atoms with van der Waals surface area (Å²) >= 11 is 6.16. The lowest BCUT2D eigenvalue weighted by Crippen LogP contribution is -2.24. The average molecular weight is 568 g/mol. The number of pyridine rings is 1. The van der Waals surface area contributed by atoms with Gasteiger partial charge in [0, 0.05) is 36.1 Å². The van der Waals surface area contributed by atoms with Gasteiger partial charge in [-0.25, -0.2) is 26.6 Å². The summed E-state index contributed by atoms with van der Waals surface area (Å²) in [5, 5.41) is 8.78. The van der Waals surface area contributed by atoms with E-state index in [1.807, 2.05) is 0 Å². The predicted octanol–water partition coefficient (Wildman–Crippen LogP) is 2.55. The number of halogens is 3. The number of carbonyl (C=O) groups excluding carboxylic acids is 1. The number of aliphatic hydroxyl groups is 1. The number of aromatic amines is 2. The van der Waals surface area contributed by atoms with Gasteiger partial charge in [-0.05, 0) is 29.8 Å². The number of carbonyl (C=O) groups is 1. The van der Waals surface area contributed by atoms with E-state index in [1.165, 1.54) is 24.4 Å². The van der Waals surface area contributed by atoms with Gasteiger partial charge >= 0.3 is 5.69 Å².